The Morgan fingerprint density at radius 3 is 1.90 bits per heavy atom. The fraction of sp³-hybridized carbons (Fsp3) is 0.125. The fourth-order valence-corrected chi connectivity index (χ4v) is 0.485. The molecule has 0 bridgehead atoms. The van der Waals surface area contributed by atoms with E-state index in [0.29, 0.717) is 0 Å². The molecule has 0 unspecified atom stereocenters. The second-order valence-corrected chi connectivity index (χ2v) is 2.00. The second kappa shape index (κ2) is 6.30. The number of rotatable bonds is 0. The van der Waals surface area contributed by atoms with Crippen molar-refractivity contribution in [3.8, 4) is 0 Å². The average molecular weight is 157 g/mol. The van der Waals surface area contributed by atoms with E-state index in [-0.39, 0.29) is 0 Å². The number of halogens is 1. The van der Waals surface area contributed by atoms with Crippen LogP contribution >= 0.6 is 11.6 Å². The van der Waals surface area contributed by atoms with Crippen molar-refractivity contribution in [3.05, 3.63) is 42.7 Å². The van der Waals surface area contributed by atoms with E-state index in [4.69, 9.17) is 11.6 Å². The number of hydrogen-bond acceptors (Lipinski definition) is 0. The molecule has 0 aliphatic carbocycles. The van der Waals surface area contributed by atoms with Crippen molar-refractivity contribution >= 4 is 11.6 Å². The molecule has 0 N–H and O–H groups in total. The molecule has 0 fully saturated rings. The van der Waals surface area contributed by atoms with Crippen LogP contribution in [0.1, 0.15) is 0 Å². The second-order valence-electron chi connectivity index (χ2n) is 1.70. The van der Waals surface area contributed by atoms with Gasteiger partial charge in [0.25, 0.3) is 0 Å². The Balaban J connectivity index is 0.000000236. The van der Waals surface area contributed by atoms with Crippen LogP contribution < -0.4 is 4.57 Å². The maximum absolute atomic E-state index is 4.76. The van der Waals surface area contributed by atoms with Crippen LogP contribution in [0.5, 0.6) is 0 Å². The topological polar surface area (TPSA) is 3.88 Å². The van der Waals surface area contributed by atoms with Crippen LogP contribution in [0.15, 0.2) is 42.7 Å². The van der Waals surface area contributed by atoms with Crippen LogP contribution in [-0.4, -0.2) is 0 Å². The Kier molecular flexibility index (Phi) is 5.79. The van der Waals surface area contributed by atoms with E-state index in [1.54, 1.807) is 0 Å². The van der Waals surface area contributed by atoms with Crippen molar-refractivity contribution in [2.24, 2.45) is 7.05 Å². The van der Waals surface area contributed by atoms with Gasteiger partial charge in [0.15, 0.2) is 12.4 Å². The molecular formula is C8H11ClN+. The van der Waals surface area contributed by atoms with Gasteiger partial charge in [0.2, 0.25) is 0 Å². The Bertz CT molecular complexity index is 172. The summed E-state index contributed by atoms with van der Waals surface area (Å²) in [6.45, 7) is 3.13. The van der Waals surface area contributed by atoms with E-state index in [1.807, 2.05) is 42.2 Å². The van der Waals surface area contributed by atoms with Crippen LogP contribution in [0.2, 0.25) is 0 Å². The van der Waals surface area contributed by atoms with Crippen molar-refractivity contribution < 1.29 is 4.57 Å². The zero-order valence-corrected chi connectivity index (χ0v) is 6.75. The number of pyridine rings is 1. The van der Waals surface area contributed by atoms with E-state index >= 15 is 0 Å². The summed E-state index contributed by atoms with van der Waals surface area (Å²) in [7, 11) is 2.00. The Labute approximate surface area is 66.6 Å². The lowest BCUT2D eigenvalue weighted by Gasteiger charge is -1.77. The molecule has 0 radical (unpaired) electrons. The normalized spacial score (nSPS) is 7.40. The lowest BCUT2D eigenvalue weighted by Crippen LogP contribution is -2.25. The molecule has 0 saturated carbocycles. The molecule has 1 heterocycles. The molecule has 0 spiro atoms. The third-order valence-corrected chi connectivity index (χ3v) is 0.865. The van der Waals surface area contributed by atoms with Gasteiger partial charge in [-0.2, -0.15) is 0 Å². The Morgan fingerprint density at radius 2 is 1.70 bits per heavy atom. The summed E-state index contributed by atoms with van der Waals surface area (Å²) < 4.78 is 2.00. The van der Waals surface area contributed by atoms with Crippen LogP contribution in [-0.2, 0) is 7.05 Å². The minimum absolute atomic E-state index is 1.22. The average Bonchev–Trinajstić information content (AvgIpc) is 1.91. The SMILES string of the molecule is C=CCl.C[n+]1ccccc1. The van der Waals surface area contributed by atoms with Gasteiger partial charge < -0.3 is 0 Å². The molecule has 0 aliphatic rings. The molecule has 1 aromatic heterocycles. The third-order valence-electron chi connectivity index (χ3n) is 0.865. The third kappa shape index (κ3) is 5.32. The smallest absolute Gasteiger partial charge is 0.168 e. The zero-order valence-electron chi connectivity index (χ0n) is 6.00. The summed E-state index contributed by atoms with van der Waals surface area (Å²) >= 11 is 4.76. The summed E-state index contributed by atoms with van der Waals surface area (Å²) in [5.74, 6) is 0. The van der Waals surface area contributed by atoms with E-state index in [1.165, 1.54) is 5.54 Å². The van der Waals surface area contributed by atoms with E-state index in [2.05, 4.69) is 6.58 Å². The first-order valence-corrected chi connectivity index (χ1v) is 3.36. The molecular weight excluding hydrogens is 146 g/mol. The van der Waals surface area contributed by atoms with E-state index in [9.17, 15) is 0 Å². The molecule has 0 amide bonds. The molecule has 2 heteroatoms. The van der Waals surface area contributed by atoms with Gasteiger partial charge in [-0.1, -0.05) is 24.2 Å². The molecule has 54 valence electrons. The lowest BCUT2D eigenvalue weighted by atomic mass is 10.5. The maximum Gasteiger partial charge on any atom is 0.168 e. The van der Waals surface area contributed by atoms with Gasteiger partial charge in [0.05, 0.1) is 0 Å². The van der Waals surface area contributed by atoms with Gasteiger partial charge in [0, 0.05) is 12.1 Å². The predicted octanol–water partition coefficient (Wildman–Crippen LogP) is 1.88. The van der Waals surface area contributed by atoms with Crippen molar-refractivity contribution in [2.45, 2.75) is 0 Å². The van der Waals surface area contributed by atoms with Gasteiger partial charge in [-0.3, -0.25) is 0 Å². The predicted molar refractivity (Wildman–Crippen MR) is 43.7 cm³/mol. The van der Waals surface area contributed by atoms with Crippen LogP contribution in [0, 0.1) is 0 Å². The monoisotopic (exact) mass is 156 g/mol. The van der Waals surface area contributed by atoms with E-state index < -0.39 is 0 Å². The summed E-state index contributed by atoms with van der Waals surface area (Å²) in [4.78, 5) is 0. The number of aromatic nitrogens is 1. The summed E-state index contributed by atoms with van der Waals surface area (Å²) in [5.41, 5.74) is 1.22. The van der Waals surface area contributed by atoms with Gasteiger partial charge in [-0.25, -0.2) is 4.57 Å². The molecule has 0 atom stereocenters. The highest BCUT2D eigenvalue weighted by molar-refractivity contribution is 6.25. The first-order valence-electron chi connectivity index (χ1n) is 2.92. The largest absolute Gasteiger partial charge is 0.208 e. The minimum Gasteiger partial charge on any atom is -0.208 e. The van der Waals surface area contributed by atoms with Gasteiger partial charge in [0.1, 0.15) is 7.05 Å². The molecule has 0 aliphatic heterocycles. The number of aryl methyl sites for hydroxylation is 1. The maximum atomic E-state index is 4.76. The zero-order chi connectivity index (χ0) is 7.82. The highest BCUT2D eigenvalue weighted by atomic mass is 35.5. The van der Waals surface area contributed by atoms with Crippen molar-refractivity contribution in [1.29, 1.82) is 0 Å². The Hall–Kier alpha value is -0.820. The Morgan fingerprint density at radius 1 is 1.30 bits per heavy atom. The molecule has 10 heavy (non-hydrogen) atoms. The van der Waals surface area contributed by atoms with Crippen molar-refractivity contribution in [3.63, 3.8) is 0 Å². The number of hydrogen-bond donors (Lipinski definition) is 0. The van der Waals surface area contributed by atoms with Gasteiger partial charge in [-0.15, -0.1) is 0 Å². The highest BCUT2D eigenvalue weighted by Gasteiger charge is 1.78. The minimum atomic E-state index is 1.22. The fourth-order valence-electron chi connectivity index (χ4n) is 0.485. The van der Waals surface area contributed by atoms with Gasteiger partial charge in [-0.05, 0) is 5.54 Å². The van der Waals surface area contributed by atoms with Crippen LogP contribution in [0.4, 0.5) is 0 Å². The molecule has 1 aromatic rings. The first-order chi connectivity index (χ1) is 4.81. The highest BCUT2D eigenvalue weighted by Crippen LogP contribution is 1.71. The van der Waals surface area contributed by atoms with Crippen LogP contribution in [0.3, 0.4) is 0 Å². The lowest BCUT2D eigenvalue weighted by molar-refractivity contribution is -0.671. The summed E-state index contributed by atoms with van der Waals surface area (Å²) in [6, 6.07) is 6.00. The standard InChI is InChI=1S/C6H8N.C2H3Cl/c1-7-5-3-2-4-6-7;1-2-3/h2-6H,1H3;2H,1H2/q+1;. The molecule has 1 nitrogen and oxygen atoms in total. The molecule has 0 aromatic carbocycles. The molecule has 0 saturated heterocycles. The summed E-state index contributed by atoms with van der Waals surface area (Å²) in [6.07, 6.45) is 4.00. The van der Waals surface area contributed by atoms with E-state index in [0.717, 1.165) is 0 Å². The quantitative estimate of drug-likeness (QED) is 0.505. The first kappa shape index (κ1) is 9.18. The summed E-state index contributed by atoms with van der Waals surface area (Å²) in [5, 5.41) is 0. The van der Waals surface area contributed by atoms with Crippen molar-refractivity contribution in [1.82, 2.24) is 0 Å². The van der Waals surface area contributed by atoms with Crippen molar-refractivity contribution in [2.75, 3.05) is 0 Å². The van der Waals surface area contributed by atoms with Gasteiger partial charge >= 0.3 is 0 Å². The molecule has 1 rings (SSSR count). The van der Waals surface area contributed by atoms with Crippen LogP contribution in [0.25, 0.3) is 0 Å². The number of nitrogens with zero attached hydrogens (tertiary/aromatic N) is 1.